The lowest BCUT2D eigenvalue weighted by molar-refractivity contribution is 0.0910. The van der Waals surface area contributed by atoms with Crippen molar-refractivity contribution in [2.45, 2.75) is 31.7 Å². The lowest BCUT2D eigenvalue weighted by Crippen LogP contribution is -2.50. The highest BCUT2D eigenvalue weighted by molar-refractivity contribution is 5.94. The molecule has 2 aromatic rings. The van der Waals surface area contributed by atoms with E-state index in [2.05, 4.69) is 10.3 Å². The Kier molecular flexibility index (Phi) is 4.79. The molecule has 0 bridgehead atoms. The van der Waals surface area contributed by atoms with Crippen LogP contribution in [-0.2, 0) is 0 Å². The molecule has 2 aliphatic heterocycles. The van der Waals surface area contributed by atoms with E-state index >= 15 is 0 Å². The topological polar surface area (TPSA) is 87.0 Å². The summed E-state index contributed by atoms with van der Waals surface area (Å²) in [6.07, 6.45) is 6.46. The van der Waals surface area contributed by atoms with Crippen molar-refractivity contribution >= 4 is 17.6 Å². The first-order valence-corrected chi connectivity index (χ1v) is 9.44. The molecule has 2 fully saturated rings. The number of hydrogen-bond acceptors (Lipinski definition) is 4. The van der Waals surface area contributed by atoms with Crippen LogP contribution in [0.25, 0.3) is 5.65 Å². The Balaban J connectivity index is 1.38. The number of nitrogens with one attached hydrogen (secondary N) is 1. The second-order valence-electron chi connectivity index (χ2n) is 7.12. The van der Waals surface area contributed by atoms with Crippen LogP contribution in [0, 0.1) is 0 Å². The molecular weight excluding hydrogens is 346 g/mol. The molecule has 2 aromatic heterocycles. The Bertz CT molecular complexity index is 911. The monoisotopic (exact) mass is 369 g/mol. The second-order valence-corrected chi connectivity index (χ2v) is 7.12. The van der Waals surface area contributed by atoms with E-state index < -0.39 is 5.91 Å². The molecular formula is C19H23N5O3. The van der Waals surface area contributed by atoms with Gasteiger partial charge in [-0.25, -0.2) is 9.78 Å². The van der Waals surface area contributed by atoms with Crippen LogP contribution in [0.15, 0.2) is 35.4 Å². The van der Waals surface area contributed by atoms with Gasteiger partial charge in [0.05, 0.1) is 0 Å². The molecule has 0 unspecified atom stereocenters. The van der Waals surface area contributed by atoms with Gasteiger partial charge in [0.1, 0.15) is 11.2 Å². The number of carbonyl (C=O) groups excluding carboxylic acids is 2. The van der Waals surface area contributed by atoms with Crippen molar-refractivity contribution < 1.29 is 9.59 Å². The molecule has 142 valence electrons. The highest BCUT2D eigenvalue weighted by atomic mass is 16.2. The van der Waals surface area contributed by atoms with Crippen molar-refractivity contribution in [1.29, 1.82) is 0 Å². The predicted octanol–water partition coefficient (Wildman–Crippen LogP) is 1.10. The Labute approximate surface area is 156 Å². The third-order valence-electron chi connectivity index (χ3n) is 5.34. The van der Waals surface area contributed by atoms with E-state index in [0.29, 0.717) is 31.6 Å². The van der Waals surface area contributed by atoms with Gasteiger partial charge in [0, 0.05) is 44.6 Å². The van der Waals surface area contributed by atoms with Gasteiger partial charge < -0.3 is 15.1 Å². The van der Waals surface area contributed by atoms with Gasteiger partial charge in [0.15, 0.2) is 0 Å². The molecule has 8 heteroatoms. The van der Waals surface area contributed by atoms with Gasteiger partial charge in [-0.2, -0.15) is 0 Å². The summed E-state index contributed by atoms with van der Waals surface area (Å²) in [5, 5.41) is 2.93. The van der Waals surface area contributed by atoms with Crippen LogP contribution < -0.4 is 10.9 Å². The molecule has 1 N–H and O–H groups in total. The van der Waals surface area contributed by atoms with Gasteiger partial charge in [-0.15, -0.1) is 0 Å². The third-order valence-corrected chi connectivity index (χ3v) is 5.34. The number of urea groups is 1. The van der Waals surface area contributed by atoms with E-state index in [4.69, 9.17) is 0 Å². The van der Waals surface area contributed by atoms with Crippen molar-refractivity contribution in [3.8, 4) is 0 Å². The van der Waals surface area contributed by atoms with Gasteiger partial charge in [0.2, 0.25) is 0 Å². The van der Waals surface area contributed by atoms with Crippen LogP contribution >= 0.6 is 0 Å². The SMILES string of the molecule is O=C(NC1CCN(C(=O)N2CCCC2)CC1)c1cnc2ccccn2c1=O. The number of nitrogens with zero attached hydrogens (tertiary/aromatic N) is 4. The van der Waals surface area contributed by atoms with Gasteiger partial charge in [0.25, 0.3) is 11.5 Å². The number of likely N-dealkylation sites (tertiary alicyclic amines) is 2. The highest BCUT2D eigenvalue weighted by Crippen LogP contribution is 2.16. The van der Waals surface area contributed by atoms with Crippen LogP contribution in [0.2, 0.25) is 0 Å². The number of amides is 3. The highest BCUT2D eigenvalue weighted by Gasteiger charge is 2.28. The Morgan fingerprint density at radius 1 is 1.04 bits per heavy atom. The van der Waals surface area contributed by atoms with E-state index in [9.17, 15) is 14.4 Å². The standard InChI is InChI=1S/C19H23N5O3/c25-17(15-13-20-16-5-1-2-10-24(16)18(15)26)21-14-6-11-23(12-7-14)19(27)22-8-3-4-9-22/h1-2,5,10,13-14H,3-4,6-9,11-12H2,(H,21,25). The Hall–Kier alpha value is -2.90. The third kappa shape index (κ3) is 3.51. The zero-order valence-corrected chi connectivity index (χ0v) is 15.1. The van der Waals surface area contributed by atoms with Gasteiger partial charge in [-0.1, -0.05) is 6.07 Å². The fourth-order valence-electron chi connectivity index (χ4n) is 3.77. The number of fused-ring (bicyclic) bond motifs is 1. The molecule has 3 amide bonds. The molecule has 2 saturated heterocycles. The van der Waals surface area contributed by atoms with Crippen LogP contribution in [0.4, 0.5) is 4.79 Å². The Morgan fingerprint density at radius 3 is 2.48 bits per heavy atom. The van der Waals surface area contributed by atoms with E-state index in [-0.39, 0.29) is 23.2 Å². The number of hydrogen-bond donors (Lipinski definition) is 1. The van der Waals surface area contributed by atoms with Crippen LogP contribution in [0.3, 0.4) is 0 Å². The van der Waals surface area contributed by atoms with Gasteiger partial charge in [-0.3, -0.25) is 14.0 Å². The molecule has 0 aromatic carbocycles. The number of aromatic nitrogens is 2. The molecule has 27 heavy (non-hydrogen) atoms. The summed E-state index contributed by atoms with van der Waals surface area (Å²) >= 11 is 0. The van der Waals surface area contributed by atoms with E-state index in [1.54, 1.807) is 24.4 Å². The lowest BCUT2D eigenvalue weighted by Gasteiger charge is -2.34. The van der Waals surface area contributed by atoms with Crippen molar-refractivity contribution in [1.82, 2.24) is 24.5 Å². The lowest BCUT2D eigenvalue weighted by atomic mass is 10.0. The zero-order valence-electron chi connectivity index (χ0n) is 15.1. The molecule has 0 radical (unpaired) electrons. The van der Waals surface area contributed by atoms with Gasteiger partial charge >= 0.3 is 6.03 Å². The minimum absolute atomic E-state index is 0.0364. The molecule has 0 atom stereocenters. The molecule has 8 nitrogen and oxygen atoms in total. The molecule has 4 heterocycles. The summed E-state index contributed by atoms with van der Waals surface area (Å²) in [7, 11) is 0. The van der Waals surface area contributed by atoms with Crippen LogP contribution in [-0.4, -0.2) is 63.3 Å². The van der Waals surface area contributed by atoms with Crippen LogP contribution in [0.1, 0.15) is 36.0 Å². The minimum Gasteiger partial charge on any atom is -0.349 e. The largest absolute Gasteiger partial charge is 0.349 e. The average Bonchev–Trinajstić information content (AvgIpc) is 3.23. The maximum absolute atomic E-state index is 12.5. The zero-order chi connectivity index (χ0) is 18.8. The van der Waals surface area contributed by atoms with Crippen molar-refractivity contribution in [2.24, 2.45) is 0 Å². The number of carbonyl (C=O) groups is 2. The average molecular weight is 369 g/mol. The predicted molar refractivity (Wildman–Crippen MR) is 99.7 cm³/mol. The molecule has 0 aliphatic carbocycles. The quantitative estimate of drug-likeness (QED) is 0.859. The summed E-state index contributed by atoms with van der Waals surface area (Å²) in [5.41, 5.74) is 0.168. The number of piperidine rings is 1. The molecule has 2 aliphatic rings. The first kappa shape index (κ1) is 17.5. The summed E-state index contributed by atoms with van der Waals surface area (Å²) in [5.74, 6) is -0.407. The summed E-state index contributed by atoms with van der Waals surface area (Å²) in [6.45, 7) is 2.92. The fraction of sp³-hybridized carbons (Fsp3) is 0.474. The summed E-state index contributed by atoms with van der Waals surface area (Å²) in [4.78, 5) is 45.4. The number of pyridine rings is 1. The normalized spacial score (nSPS) is 18.1. The van der Waals surface area contributed by atoms with Crippen molar-refractivity contribution in [3.63, 3.8) is 0 Å². The summed E-state index contributed by atoms with van der Waals surface area (Å²) < 4.78 is 1.37. The van der Waals surface area contributed by atoms with E-state index in [1.165, 1.54) is 10.6 Å². The van der Waals surface area contributed by atoms with E-state index in [0.717, 1.165) is 25.9 Å². The maximum Gasteiger partial charge on any atom is 0.319 e. The fourth-order valence-corrected chi connectivity index (χ4v) is 3.77. The summed E-state index contributed by atoms with van der Waals surface area (Å²) in [6, 6.07) is 5.30. The van der Waals surface area contributed by atoms with E-state index in [1.807, 2.05) is 9.80 Å². The molecule has 0 spiro atoms. The second kappa shape index (κ2) is 7.38. The first-order chi connectivity index (χ1) is 13.1. The van der Waals surface area contributed by atoms with Gasteiger partial charge in [-0.05, 0) is 37.8 Å². The minimum atomic E-state index is -0.407. The molecule has 0 saturated carbocycles. The van der Waals surface area contributed by atoms with Crippen LogP contribution in [0.5, 0.6) is 0 Å². The Morgan fingerprint density at radius 2 is 1.74 bits per heavy atom. The maximum atomic E-state index is 12.5. The molecule has 4 rings (SSSR count). The number of rotatable bonds is 2. The van der Waals surface area contributed by atoms with Crippen molar-refractivity contribution in [2.75, 3.05) is 26.2 Å². The smallest absolute Gasteiger partial charge is 0.319 e. The van der Waals surface area contributed by atoms with Crippen molar-refractivity contribution in [3.05, 3.63) is 46.5 Å². The first-order valence-electron chi connectivity index (χ1n) is 9.44.